The third-order valence-electron chi connectivity index (χ3n) is 3.39. The highest BCUT2D eigenvalue weighted by atomic mass is 16.3. The van der Waals surface area contributed by atoms with Crippen molar-refractivity contribution in [1.82, 2.24) is 0 Å². The number of carbonyl (C=O) groups excluding carboxylic acids is 2. The van der Waals surface area contributed by atoms with Crippen LogP contribution in [0, 0.1) is 0 Å². The highest BCUT2D eigenvalue weighted by Crippen LogP contribution is 2.27. The van der Waals surface area contributed by atoms with Gasteiger partial charge in [-0.2, -0.15) is 0 Å². The molecule has 3 heteroatoms. The van der Waals surface area contributed by atoms with E-state index in [1.54, 1.807) is 42.5 Å². The summed E-state index contributed by atoms with van der Waals surface area (Å²) in [5, 5.41) is 8.95. The van der Waals surface area contributed by atoms with Crippen molar-refractivity contribution in [2.24, 2.45) is 0 Å². The summed E-state index contributed by atoms with van der Waals surface area (Å²) in [5.41, 5.74) is 2.68. The molecule has 19 heavy (non-hydrogen) atoms. The van der Waals surface area contributed by atoms with E-state index in [0.29, 0.717) is 28.7 Å². The van der Waals surface area contributed by atoms with E-state index < -0.39 is 0 Å². The van der Waals surface area contributed by atoms with Gasteiger partial charge in [-0.15, -0.1) is 0 Å². The lowest BCUT2D eigenvalue weighted by molar-refractivity contribution is 0.0979. The van der Waals surface area contributed by atoms with Crippen molar-refractivity contribution < 1.29 is 14.7 Å². The normalized spacial score (nSPS) is 13.1. The lowest BCUT2D eigenvalue weighted by Gasteiger charge is -2.17. The van der Waals surface area contributed by atoms with Crippen molar-refractivity contribution in [3.8, 4) is 0 Å². The van der Waals surface area contributed by atoms with Crippen LogP contribution in [0.2, 0.25) is 0 Å². The summed E-state index contributed by atoms with van der Waals surface area (Å²) in [6, 6.07) is 12.0. The fraction of sp³-hybridized carbons (Fsp3) is 0.125. The van der Waals surface area contributed by atoms with Crippen LogP contribution >= 0.6 is 0 Å². The minimum absolute atomic E-state index is 0.0253. The summed E-state index contributed by atoms with van der Waals surface area (Å²) in [4.78, 5) is 24.7. The number of hydrogen-bond donors (Lipinski definition) is 1. The Labute approximate surface area is 110 Å². The molecule has 0 saturated heterocycles. The van der Waals surface area contributed by atoms with Crippen molar-refractivity contribution in [2.45, 2.75) is 6.42 Å². The van der Waals surface area contributed by atoms with E-state index in [9.17, 15) is 9.59 Å². The molecule has 0 saturated carbocycles. The second-order valence-corrected chi connectivity index (χ2v) is 4.56. The Bertz CT molecular complexity index is 686. The van der Waals surface area contributed by atoms with Crippen LogP contribution in [0.25, 0.3) is 0 Å². The van der Waals surface area contributed by atoms with Gasteiger partial charge in [0.25, 0.3) is 0 Å². The number of ketones is 2. The molecule has 0 heterocycles. The molecule has 0 bridgehead atoms. The molecule has 0 aromatic heterocycles. The van der Waals surface area contributed by atoms with Crippen molar-refractivity contribution in [3.05, 3.63) is 70.3 Å². The molecule has 0 unspecified atom stereocenters. The molecule has 0 radical (unpaired) electrons. The maximum Gasteiger partial charge on any atom is 0.194 e. The molecule has 3 nitrogen and oxygen atoms in total. The second kappa shape index (κ2) is 4.44. The lowest BCUT2D eigenvalue weighted by atomic mass is 9.83. The van der Waals surface area contributed by atoms with Crippen LogP contribution in [0.15, 0.2) is 42.5 Å². The third kappa shape index (κ3) is 1.79. The fourth-order valence-electron chi connectivity index (χ4n) is 2.43. The number of aliphatic hydroxyl groups excluding tert-OH is 1. The van der Waals surface area contributed by atoms with Gasteiger partial charge in [0, 0.05) is 28.9 Å². The maximum absolute atomic E-state index is 12.4. The molecule has 3 rings (SSSR count). The Kier molecular flexibility index (Phi) is 2.76. The largest absolute Gasteiger partial charge is 0.396 e. The van der Waals surface area contributed by atoms with Crippen molar-refractivity contribution >= 4 is 11.6 Å². The van der Waals surface area contributed by atoms with Gasteiger partial charge in [0.05, 0.1) is 0 Å². The van der Waals surface area contributed by atoms with Gasteiger partial charge in [0.2, 0.25) is 0 Å². The molecule has 0 aliphatic heterocycles. The average molecular weight is 252 g/mol. The van der Waals surface area contributed by atoms with E-state index in [0.717, 1.165) is 5.56 Å². The third-order valence-corrected chi connectivity index (χ3v) is 3.39. The molecule has 0 spiro atoms. The molecule has 0 fully saturated rings. The van der Waals surface area contributed by atoms with Gasteiger partial charge in [-0.1, -0.05) is 36.4 Å². The van der Waals surface area contributed by atoms with Crippen molar-refractivity contribution in [3.63, 3.8) is 0 Å². The number of fused-ring (bicyclic) bond motifs is 2. The van der Waals surface area contributed by atoms with Crippen LogP contribution in [0.1, 0.15) is 37.4 Å². The quantitative estimate of drug-likeness (QED) is 0.759. The van der Waals surface area contributed by atoms with Crippen LogP contribution in [-0.4, -0.2) is 23.3 Å². The molecule has 2 aromatic rings. The number of rotatable bonds is 2. The monoisotopic (exact) mass is 252 g/mol. The standard InChI is InChI=1S/C16H12O3/c17-8-7-10-5-6-13-14(9-10)16(19)12-4-2-1-3-11(12)15(13)18/h1-6,9,17H,7-8H2. The minimum Gasteiger partial charge on any atom is -0.396 e. The molecular formula is C16H12O3. The average Bonchev–Trinajstić information content (AvgIpc) is 2.45. The van der Waals surface area contributed by atoms with Crippen LogP contribution < -0.4 is 0 Å². The van der Waals surface area contributed by atoms with Gasteiger partial charge in [-0.3, -0.25) is 9.59 Å². The highest BCUT2D eigenvalue weighted by molar-refractivity contribution is 6.28. The summed E-state index contributed by atoms with van der Waals surface area (Å²) < 4.78 is 0. The molecule has 1 N–H and O–H groups in total. The number of carbonyl (C=O) groups is 2. The maximum atomic E-state index is 12.4. The molecule has 94 valence electrons. The fourth-order valence-corrected chi connectivity index (χ4v) is 2.43. The van der Waals surface area contributed by atoms with Gasteiger partial charge >= 0.3 is 0 Å². The lowest BCUT2D eigenvalue weighted by Crippen LogP contribution is -2.21. The van der Waals surface area contributed by atoms with E-state index in [1.165, 1.54) is 0 Å². The van der Waals surface area contributed by atoms with Gasteiger partial charge in [-0.05, 0) is 18.1 Å². The zero-order valence-electron chi connectivity index (χ0n) is 10.2. The molecule has 2 aromatic carbocycles. The van der Waals surface area contributed by atoms with Crippen molar-refractivity contribution in [1.29, 1.82) is 0 Å². The molecule has 0 amide bonds. The Morgan fingerprint density at radius 2 is 1.37 bits per heavy atom. The first kappa shape index (κ1) is 11.8. The summed E-state index contributed by atoms with van der Waals surface area (Å²) in [5.74, 6) is -0.231. The SMILES string of the molecule is O=C1c2ccccc2C(=O)c2cc(CCO)ccc21. The Morgan fingerprint density at radius 1 is 0.789 bits per heavy atom. The second-order valence-electron chi connectivity index (χ2n) is 4.56. The molecule has 1 aliphatic carbocycles. The Hall–Kier alpha value is -2.26. The number of benzene rings is 2. The van der Waals surface area contributed by atoms with Crippen LogP contribution in [0.4, 0.5) is 0 Å². The smallest absolute Gasteiger partial charge is 0.194 e. The highest BCUT2D eigenvalue weighted by Gasteiger charge is 2.29. The van der Waals surface area contributed by atoms with Gasteiger partial charge < -0.3 is 5.11 Å². The molecule has 1 aliphatic rings. The predicted octanol–water partition coefficient (Wildman–Crippen LogP) is 2.00. The van der Waals surface area contributed by atoms with E-state index >= 15 is 0 Å². The number of aliphatic hydroxyl groups is 1. The minimum atomic E-state index is -0.120. The first-order valence-electron chi connectivity index (χ1n) is 6.14. The molecular weight excluding hydrogens is 240 g/mol. The number of hydrogen-bond acceptors (Lipinski definition) is 3. The topological polar surface area (TPSA) is 54.4 Å². The van der Waals surface area contributed by atoms with Gasteiger partial charge in [-0.25, -0.2) is 0 Å². The first-order chi connectivity index (χ1) is 9.22. The first-order valence-corrected chi connectivity index (χ1v) is 6.14. The van der Waals surface area contributed by atoms with E-state index in [2.05, 4.69) is 0 Å². The summed E-state index contributed by atoms with van der Waals surface area (Å²) in [6.07, 6.45) is 0.483. The van der Waals surface area contributed by atoms with Crippen LogP contribution in [-0.2, 0) is 6.42 Å². The van der Waals surface area contributed by atoms with Crippen LogP contribution in [0.3, 0.4) is 0 Å². The van der Waals surface area contributed by atoms with Crippen molar-refractivity contribution in [2.75, 3.05) is 6.61 Å². The van der Waals surface area contributed by atoms with Gasteiger partial charge in [0.15, 0.2) is 11.6 Å². The van der Waals surface area contributed by atoms with E-state index in [-0.39, 0.29) is 18.2 Å². The Morgan fingerprint density at radius 3 is 2.00 bits per heavy atom. The van der Waals surface area contributed by atoms with Gasteiger partial charge in [0.1, 0.15) is 0 Å². The summed E-state index contributed by atoms with van der Waals surface area (Å²) >= 11 is 0. The Balaban J connectivity index is 2.18. The summed E-state index contributed by atoms with van der Waals surface area (Å²) in [7, 11) is 0. The van der Waals surface area contributed by atoms with E-state index in [1.807, 2.05) is 0 Å². The molecule has 0 atom stereocenters. The van der Waals surface area contributed by atoms with E-state index in [4.69, 9.17) is 5.11 Å². The van der Waals surface area contributed by atoms with Crippen LogP contribution in [0.5, 0.6) is 0 Å². The summed E-state index contributed by atoms with van der Waals surface area (Å²) in [6.45, 7) is 0.0253. The zero-order valence-corrected chi connectivity index (χ0v) is 10.2. The predicted molar refractivity (Wildman–Crippen MR) is 70.5 cm³/mol. The zero-order chi connectivity index (χ0) is 13.4.